The van der Waals surface area contributed by atoms with Gasteiger partial charge in [0.05, 0.1) is 11.4 Å². The van der Waals surface area contributed by atoms with Gasteiger partial charge in [0.1, 0.15) is 11.9 Å². The first-order valence-corrected chi connectivity index (χ1v) is 5.85. The van der Waals surface area contributed by atoms with Gasteiger partial charge in [-0.2, -0.15) is 5.10 Å². The molecule has 1 aromatic carbocycles. The molecule has 1 unspecified atom stereocenters. The first-order chi connectivity index (χ1) is 8.40. The number of aliphatic hydroxyl groups is 1. The molecule has 0 aliphatic carbocycles. The summed E-state index contributed by atoms with van der Waals surface area (Å²) in [4.78, 5) is 0. The molecule has 96 valence electrons. The lowest BCUT2D eigenvalue weighted by atomic mass is 9.98. The van der Waals surface area contributed by atoms with E-state index < -0.39 is 6.10 Å². The third-order valence-electron chi connectivity index (χ3n) is 3.07. The number of aryl methyl sites for hydroxylation is 4. The summed E-state index contributed by atoms with van der Waals surface area (Å²) in [5.41, 5.74) is 3.32. The van der Waals surface area contributed by atoms with E-state index >= 15 is 0 Å². The summed E-state index contributed by atoms with van der Waals surface area (Å²) in [6.07, 6.45) is -0.989. The number of aromatic nitrogens is 2. The highest BCUT2D eigenvalue weighted by atomic mass is 19.1. The zero-order chi connectivity index (χ0) is 13.4. The van der Waals surface area contributed by atoms with Gasteiger partial charge in [0, 0.05) is 12.6 Å². The van der Waals surface area contributed by atoms with Crippen LogP contribution in [0.4, 0.5) is 4.39 Å². The zero-order valence-electron chi connectivity index (χ0n) is 11.0. The molecular weight excluding hydrogens is 231 g/mol. The molecule has 0 aliphatic rings. The van der Waals surface area contributed by atoms with Gasteiger partial charge < -0.3 is 5.11 Å². The van der Waals surface area contributed by atoms with Crippen LogP contribution in [0.25, 0.3) is 0 Å². The third kappa shape index (κ3) is 2.16. The highest BCUT2D eigenvalue weighted by Gasteiger charge is 2.21. The number of halogens is 1. The Balaban J connectivity index is 2.52. The molecule has 1 N–H and O–H groups in total. The molecule has 0 saturated carbocycles. The fourth-order valence-corrected chi connectivity index (χ4v) is 2.31. The summed E-state index contributed by atoms with van der Waals surface area (Å²) >= 11 is 0. The van der Waals surface area contributed by atoms with Crippen molar-refractivity contribution in [2.45, 2.75) is 26.9 Å². The van der Waals surface area contributed by atoms with E-state index in [2.05, 4.69) is 5.10 Å². The molecule has 1 atom stereocenters. The fourth-order valence-electron chi connectivity index (χ4n) is 2.31. The van der Waals surface area contributed by atoms with E-state index in [-0.39, 0.29) is 5.82 Å². The molecule has 2 rings (SSSR count). The second kappa shape index (κ2) is 4.53. The number of hydrogen-bond acceptors (Lipinski definition) is 2. The largest absolute Gasteiger partial charge is 0.382 e. The van der Waals surface area contributed by atoms with Crippen molar-refractivity contribution in [2.75, 3.05) is 0 Å². The van der Waals surface area contributed by atoms with Crippen molar-refractivity contribution < 1.29 is 9.50 Å². The van der Waals surface area contributed by atoms with Gasteiger partial charge in [0.2, 0.25) is 0 Å². The maximum absolute atomic E-state index is 14.0. The van der Waals surface area contributed by atoms with Crippen molar-refractivity contribution in [1.82, 2.24) is 9.78 Å². The Kier molecular flexibility index (Phi) is 3.22. The average Bonchev–Trinajstić information content (AvgIpc) is 2.56. The summed E-state index contributed by atoms with van der Waals surface area (Å²) in [6, 6.07) is 5.07. The lowest BCUT2D eigenvalue weighted by molar-refractivity contribution is 0.204. The molecule has 0 amide bonds. The summed E-state index contributed by atoms with van der Waals surface area (Å²) in [7, 11) is 1.74. The van der Waals surface area contributed by atoms with Gasteiger partial charge in [-0.25, -0.2) is 4.39 Å². The number of nitrogens with zero attached hydrogens (tertiary/aromatic N) is 2. The number of rotatable bonds is 2. The van der Waals surface area contributed by atoms with Gasteiger partial charge in [-0.1, -0.05) is 6.07 Å². The Morgan fingerprint density at radius 1 is 1.22 bits per heavy atom. The van der Waals surface area contributed by atoms with Crippen LogP contribution in [0.15, 0.2) is 18.2 Å². The predicted octanol–water partition coefficient (Wildman–Crippen LogP) is 2.57. The molecule has 0 fully saturated rings. The molecule has 3 nitrogen and oxygen atoms in total. The van der Waals surface area contributed by atoms with E-state index in [4.69, 9.17) is 0 Å². The Morgan fingerprint density at radius 2 is 1.89 bits per heavy atom. The molecule has 4 heteroatoms. The van der Waals surface area contributed by atoms with Gasteiger partial charge in [-0.15, -0.1) is 0 Å². The minimum absolute atomic E-state index is 0.323. The molecule has 0 saturated heterocycles. The van der Waals surface area contributed by atoms with Gasteiger partial charge >= 0.3 is 0 Å². The Labute approximate surface area is 106 Å². The highest BCUT2D eigenvalue weighted by molar-refractivity contribution is 5.37. The van der Waals surface area contributed by atoms with E-state index in [1.54, 1.807) is 24.7 Å². The number of aliphatic hydroxyl groups excluding tert-OH is 1. The van der Waals surface area contributed by atoms with Crippen LogP contribution in [-0.4, -0.2) is 14.9 Å². The Morgan fingerprint density at radius 3 is 2.39 bits per heavy atom. The van der Waals surface area contributed by atoms with Crippen LogP contribution in [0.3, 0.4) is 0 Å². The van der Waals surface area contributed by atoms with Crippen molar-refractivity contribution in [3.63, 3.8) is 0 Å². The van der Waals surface area contributed by atoms with E-state index in [0.29, 0.717) is 11.3 Å². The standard InChI is InChI=1S/C14H17FN2O/c1-8-5-9(2)13(11(15)6-8)14(18)12-7-10(3)16-17(12)4/h5-7,14,18H,1-4H3. The topological polar surface area (TPSA) is 38.1 Å². The third-order valence-corrected chi connectivity index (χ3v) is 3.07. The maximum atomic E-state index is 14.0. The Bertz CT molecular complexity index is 566. The van der Waals surface area contributed by atoms with Gasteiger partial charge in [-0.05, 0) is 44.0 Å². The van der Waals surface area contributed by atoms with Crippen LogP contribution in [0.1, 0.15) is 34.2 Å². The predicted molar refractivity (Wildman–Crippen MR) is 67.9 cm³/mol. The van der Waals surface area contributed by atoms with Gasteiger partial charge in [0.25, 0.3) is 0 Å². The quantitative estimate of drug-likeness (QED) is 0.887. The normalized spacial score (nSPS) is 12.8. The van der Waals surface area contributed by atoms with Crippen molar-refractivity contribution in [2.24, 2.45) is 7.05 Å². The van der Waals surface area contributed by atoms with E-state index in [9.17, 15) is 9.50 Å². The van der Waals surface area contributed by atoms with Crippen LogP contribution in [0, 0.1) is 26.6 Å². The van der Waals surface area contributed by atoms with E-state index in [1.807, 2.05) is 19.9 Å². The van der Waals surface area contributed by atoms with Crippen molar-refractivity contribution in [3.8, 4) is 0 Å². The minimum Gasteiger partial charge on any atom is -0.382 e. The average molecular weight is 248 g/mol. The monoisotopic (exact) mass is 248 g/mol. The number of hydrogen-bond donors (Lipinski definition) is 1. The molecule has 2 aromatic rings. The summed E-state index contributed by atoms with van der Waals surface area (Å²) < 4.78 is 15.6. The van der Waals surface area contributed by atoms with Crippen molar-refractivity contribution in [1.29, 1.82) is 0 Å². The molecule has 1 heterocycles. The zero-order valence-corrected chi connectivity index (χ0v) is 11.0. The molecule has 0 aliphatic heterocycles. The number of benzene rings is 1. The van der Waals surface area contributed by atoms with Crippen LogP contribution in [0.5, 0.6) is 0 Å². The molecule has 18 heavy (non-hydrogen) atoms. The van der Waals surface area contributed by atoms with Crippen molar-refractivity contribution in [3.05, 3.63) is 52.1 Å². The van der Waals surface area contributed by atoms with Gasteiger partial charge in [0.15, 0.2) is 0 Å². The van der Waals surface area contributed by atoms with Crippen LogP contribution < -0.4 is 0 Å². The van der Waals surface area contributed by atoms with E-state index in [1.165, 1.54) is 6.07 Å². The molecular formula is C14H17FN2O. The Hall–Kier alpha value is -1.68. The summed E-state index contributed by atoms with van der Waals surface area (Å²) in [5, 5.41) is 14.5. The summed E-state index contributed by atoms with van der Waals surface area (Å²) in [6.45, 7) is 5.48. The molecule has 0 radical (unpaired) electrons. The first-order valence-electron chi connectivity index (χ1n) is 5.85. The molecule has 0 spiro atoms. The van der Waals surface area contributed by atoms with E-state index in [0.717, 1.165) is 16.8 Å². The van der Waals surface area contributed by atoms with Crippen LogP contribution in [0.2, 0.25) is 0 Å². The fraction of sp³-hybridized carbons (Fsp3) is 0.357. The van der Waals surface area contributed by atoms with Gasteiger partial charge in [-0.3, -0.25) is 4.68 Å². The lowest BCUT2D eigenvalue weighted by Crippen LogP contribution is -2.10. The second-order valence-corrected chi connectivity index (χ2v) is 4.71. The second-order valence-electron chi connectivity index (χ2n) is 4.71. The highest BCUT2D eigenvalue weighted by Crippen LogP contribution is 2.28. The SMILES string of the molecule is Cc1cc(C)c(C(O)c2cc(C)nn2C)c(F)c1. The van der Waals surface area contributed by atoms with Crippen LogP contribution >= 0.6 is 0 Å². The summed E-state index contributed by atoms with van der Waals surface area (Å²) in [5.74, 6) is -0.376. The van der Waals surface area contributed by atoms with Crippen molar-refractivity contribution >= 4 is 0 Å². The minimum atomic E-state index is -0.989. The molecule has 1 aromatic heterocycles. The first kappa shape index (κ1) is 12.8. The lowest BCUT2D eigenvalue weighted by Gasteiger charge is -2.15. The smallest absolute Gasteiger partial charge is 0.129 e. The molecule has 0 bridgehead atoms. The van der Waals surface area contributed by atoms with Crippen LogP contribution in [-0.2, 0) is 7.05 Å². The maximum Gasteiger partial charge on any atom is 0.129 e.